The number of hydrogen-bond acceptors (Lipinski definition) is 3. The molecule has 0 bridgehead atoms. The molecule has 4 heteroatoms. The summed E-state index contributed by atoms with van der Waals surface area (Å²) in [5.41, 5.74) is 2.04. The van der Waals surface area contributed by atoms with Gasteiger partial charge in [-0.1, -0.05) is 78.9 Å². The maximum absolute atomic E-state index is 12.9. The third kappa shape index (κ3) is 6.94. The predicted octanol–water partition coefficient (Wildman–Crippen LogP) is 4.28. The Balaban J connectivity index is 2.10. The van der Waals surface area contributed by atoms with Gasteiger partial charge in [-0.25, -0.2) is 4.79 Å². The van der Waals surface area contributed by atoms with Crippen LogP contribution in [0.2, 0.25) is 0 Å². The van der Waals surface area contributed by atoms with Gasteiger partial charge >= 0.3 is 5.97 Å². The molecule has 0 spiro atoms. The van der Waals surface area contributed by atoms with E-state index < -0.39 is 12.1 Å². The van der Waals surface area contributed by atoms with E-state index >= 15 is 0 Å². The molecule has 1 amide bonds. The molecule has 0 fully saturated rings. The minimum absolute atomic E-state index is 0.226. The summed E-state index contributed by atoms with van der Waals surface area (Å²) in [7, 11) is 0. The van der Waals surface area contributed by atoms with E-state index in [2.05, 4.69) is 0 Å². The molecular formula is C23H25NO3. The Kier molecular flexibility index (Phi) is 8.04. The van der Waals surface area contributed by atoms with E-state index in [1.54, 1.807) is 30.1 Å². The highest BCUT2D eigenvalue weighted by Crippen LogP contribution is 2.13. The molecular weight excluding hydrogens is 338 g/mol. The lowest BCUT2D eigenvalue weighted by atomic mass is 10.1. The topological polar surface area (TPSA) is 46.6 Å². The molecule has 0 aliphatic carbocycles. The molecule has 1 atom stereocenters. The zero-order valence-corrected chi connectivity index (χ0v) is 15.7. The van der Waals surface area contributed by atoms with Gasteiger partial charge in [0.2, 0.25) is 0 Å². The van der Waals surface area contributed by atoms with Crippen molar-refractivity contribution < 1.29 is 14.3 Å². The first kappa shape index (κ1) is 20.2. The van der Waals surface area contributed by atoms with Gasteiger partial charge in [0.05, 0.1) is 0 Å². The third-order valence-electron chi connectivity index (χ3n) is 3.92. The Morgan fingerprint density at radius 3 is 1.93 bits per heavy atom. The third-order valence-corrected chi connectivity index (χ3v) is 3.92. The van der Waals surface area contributed by atoms with Crippen molar-refractivity contribution in [3.63, 3.8) is 0 Å². The quantitative estimate of drug-likeness (QED) is 0.399. The van der Waals surface area contributed by atoms with Crippen LogP contribution in [0.1, 0.15) is 25.0 Å². The monoisotopic (exact) mass is 363 g/mol. The van der Waals surface area contributed by atoms with Crippen LogP contribution < -0.4 is 0 Å². The van der Waals surface area contributed by atoms with Crippen molar-refractivity contribution >= 4 is 11.9 Å². The SMILES string of the molecule is C/C=C/C=C\C(=O)O[C@H](C)C(=O)N(Cc1ccccc1)Cc1ccccc1. The van der Waals surface area contributed by atoms with Crippen LogP contribution in [0.15, 0.2) is 85.0 Å². The standard InChI is InChI=1S/C23H25NO3/c1-3-4-7-16-22(25)27-19(2)23(26)24(17-20-12-8-5-9-13-20)18-21-14-10-6-11-15-21/h3-16,19H,17-18H2,1-2H3/b4-3+,16-7-/t19-/m1/s1. The first-order chi connectivity index (χ1) is 13.1. The summed E-state index contributed by atoms with van der Waals surface area (Å²) < 4.78 is 5.26. The van der Waals surface area contributed by atoms with E-state index in [4.69, 9.17) is 4.74 Å². The lowest BCUT2D eigenvalue weighted by Gasteiger charge is -2.26. The summed E-state index contributed by atoms with van der Waals surface area (Å²) >= 11 is 0. The first-order valence-electron chi connectivity index (χ1n) is 8.96. The number of allylic oxidation sites excluding steroid dienone is 3. The van der Waals surface area contributed by atoms with Gasteiger partial charge in [0, 0.05) is 19.2 Å². The molecule has 0 aromatic heterocycles. The van der Waals surface area contributed by atoms with Crippen LogP contribution in [0, 0.1) is 0 Å². The fourth-order valence-corrected chi connectivity index (χ4v) is 2.59. The van der Waals surface area contributed by atoms with E-state index in [1.165, 1.54) is 6.08 Å². The zero-order chi connectivity index (χ0) is 19.5. The number of nitrogens with zero attached hydrogens (tertiary/aromatic N) is 1. The lowest BCUT2D eigenvalue weighted by molar-refractivity contribution is -0.156. The van der Waals surface area contributed by atoms with Gasteiger partial charge in [0.15, 0.2) is 6.10 Å². The fraction of sp³-hybridized carbons (Fsp3) is 0.217. The second kappa shape index (κ2) is 10.8. The highest BCUT2D eigenvalue weighted by molar-refractivity contribution is 5.87. The van der Waals surface area contributed by atoms with Crippen molar-refractivity contribution in [2.75, 3.05) is 0 Å². The Hall–Kier alpha value is -3.14. The van der Waals surface area contributed by atoms with E-state index in [1.807, 2.05) is 67.6 Å². The highest BCUT2D eigenvalue weighted by Gasteiger charge is 2.23. The van der Waals surface area contributed by atoms with Crippen LogP contribution in [-0.4, -0.2) is 22.9 Å². The maximum atomic E-state index is 12.9. The molecule has 4 nitrogen and oxygen atoms in total. The smallest absolute Gasteiger partial charge is 0.331 e. The molecule has 2 aromatic rings. The Bertz CT molecular complexity index is 740. The van der Waals surface area contributed by atoms with Crippen LogP contribution in [0.5, 0.6) is 0 Å². The number of esters is 1. The second-order valence-electron chi connectivity index (χ2n) is 6.13. The van der Waals surface area contributed by atoms with Crippen molar-refractivity contribution in [3.8, 4) is 0 Å². The van der Waals surface area contributed by atoms with E-state index in [-0.39, 0.29) is 5.91 Å². The van der Waals surface area contributed by atoms with Gasteiger partial charge in [-0.15, -0.1) is 0 Å². The largest absolute Gasteiger partial charge is 0.449 e. The highest BCUT2D eigenvalue weighted by atomic mass is 16.5. The van der Waals surface area contributed by atoms with Gasteiger partial charge < -0.3 is 9.64 Å². The van der Waals surface area contributed by atoms with Crippen LogP contribution >= 0.6 is 0 Å². The lowest BCUT2D eigenvalue weighted by Crippen LogP contribution is -2.39. The zero-order valence-electron chi connectivity index (χ0n) is 15.7. The number of carbonyl (C=O) groups is 2. The van der Waals surface area contributed by atoms with Gasteiger partial charge in [-0.05, 0) is 25.0 Å². The van der Waals surface area contributed by atoms with Crippen molar-refractivity contribution in [3.05, 3.63) is 96.1 Å². The predicted molar refractivity (Wildman–Crippen MR) is 107 cm³/mol. The number of benzene rings is 2. The summed E-state index contributed by atoms with van der Waals surface area (Å²) in [6, 6.07) is 19.5. The molecule has 0 unspecified atom stereocenters. The molecule has 0 N–H and O–H groups in total. The molecule has 0 heterocycles. The molecule has 0 saturated heterocycles. The molecule has 0 radical (unpaired) electrons. The van der Waals surface area contributed by atoms with Gasteiger partial charge in [-0.3, -0.25) is 4.79 Å². The van der Waals surface area contributed by atoms with Crippen LogP contribution in [-0.2, 0) is 27.4 Å². The van der Waals surface area contributed by atoms with Crippen LogP contribution in [0.25, 0.3) is 0 Å². The van der Waals surface area contributed by atoms with E-state index in [0.29, 0.717) is 13.1 Å². The van der Waals surface area contributed by atoms with Crippen molar-refractivity contribution in [2.24, 2.45) is 0 Å². The van der Waals surface area contributed by atoms with Crippen molar-refractivity contribution in [2.45, 2.75) is 33.0 Å². The Labute approximate surface area is 160 Å². The molecule has 27 heavy (non-hydrogen) atoms. The Morgan fingerprint density at radius 2 is 1.44 bits per heavy atom. The molecule has 0 aliphatic rings. The minimum Gasteiger partial charge on any atom is -0.449 e. The summed E-state index contributed by atoms with van der Waals surface area (Å²) in [6.45, 7) is 4.36. The number of amides is 1. The van der Waals surface area contributed by atoms with Crippen molar-refractivity contribution in [1.82, 2.24) is 4.90 Å². The molecule has 140 valence electrons. The van der Waals surface area contributed by atoms with E-state index in [9.17, 15) is 9.59 Å². The van der Waals surface area contributed by atoms with Gasteiger partial charge in [-0.2, -0.15) is 0 Å². The van der Waals surface area contributed by atoms with Gasteiger partial charge in [0.25, 0.3) is 5.91 Å². The Morgan fingerprint density at radius 1 is 0.926 bits per heavy atom. The maximum Gasteiger partial charge on any atom is 0.331 e. The van der Waals surface area contributed by atoms with Gasteiger partial charge in [0.1, 0.15) is 0 Å². The molecule has 0 aliphatic heterocycles. The molecule has 2 aromatic carbocycles. The minimum atomic E-state index is -0.861. The molecule has 0 saturated carbocycles. The van der Waals surface area contributed by atoms with Crippen LogP contribution in [0.3, 0.4) is 0 Å². The number of ether oxygens (including phenoxy) is 1. The summed E-state index contributed by atoms with van der Waals surface area (Å²) in [5.74, 6) is -0.760. The van der Waals surface area contributed by atoms with Crippen molar-refractivity contribution in [1.29, 1.82) is 0 Å². The van der Waals surface area contributed by atoms with E-state index in [0.717, 1.165) is 11.1 Å². The normalized spacial score (nSPS) is 12.2. The first-order valence-corrected chi connectivity index (χ1v) is 8.96. The average molecular weight is 363 g/mol. The fourth-order valence-electron chi connectivity index (χ4n) is 2.59. The second-order valence-corrected chi connectivity index (χ2v) is 6.13. The number of carbonyl (C=O) groups excluding carboxylic acids is 2. The molecule has 2 rings (SSSR count). The number of hydrogen-bond donors (Lipinski definition) is 0. The van der Waals surface area contributed by atoms with Crippen LogP contribution in [0.4, 0.5) is 0 Å². The number of rotatable bonds is 8. The average Bonchev–Trinajstić information content (AvgIpc) is 2.68. The summed E-state index contributed by atoms with van der Waals surface area (Å²) in [4.78, 5) is 26.5. The summed E-state index contributed by atoms with van der Waals surface area (Å²) in [5, 5.41) is 0. The summed E-state index contributed by atoms with van der Waals surface area (Å²) in [6.07, 6.45) is 5.57.